The standard InChI is InChI=1S/C16H9FN2O3/c17-9-5-7-10(8-6-9)19-15(20)14-13(18-16(19)21)11-3-1-2-4-12(11)22-14/h1-8H,(H,18,21). The second-order valence-corrected chi connectivity index (χ2v) is 4.85. The second-order valence-electron chi connectivity index (χ2n) is 4.85. The molecule has 0 saturated heterocycles. The maximum Gasteiger partial charge on any atom is 0.333 e. The van der Waals surface area contributed by atoms with E-state index >= 15 is 0 Å². The summed E-state index contributed by atoms with van der Waals surface area (Å²) in [5.74, 6) is -0.446. The Balaban J connectivity index is 2.13. The molecule has 2 aromatic heterocycles. The number of aromatic amines is 1. The third kappa shape index (κ3) is 1.70. The van der Waals surface area contributed by atoms with Crippen LogP contribution in [0.3, 0.4) is 0 Å². The highest BCUT2D eigenvalue weighted by molar-refractivity contribution is 6.01. The van der Waals surface area contributed by atoms with Crippen LogP contribution >= 0.6 is 0 Å². The first-order valence-electron chi connectivity index (χ1n) is 6.58. The number of benzene rings is 2. The van der Waals surface area contributed by atoms with Crippen molar-refractivity contribution in [2.45, 2.75) is 0 Å². The molecular weight excluding hydrogens is 287 g/mol. The summed E-state index contributed by atoms with van der Waals surface area (Å²) in [5.41, 5.74) is 0.0309. The van der Waals surface area contributed by atoms with E-state index in [2.05, 4.69) is 4.98 Å². The van der Waals surface area contributed by atoms with Gasteiger partial charge in [-0.2, -0.15) is 0 Å². The first kappa shape index (κ1) is 12.6. The predicted octanol–water partition coefficient (Wildman–Crippen LogP) is 2.56. The summed E-state index contributed by atoms with van der Waals surface area (Å²) in [5, 5.41) is 0.665. The van der Waals surface area contributed by atoms with E-state index in [0.29, 0.717) is 16.5 Å². The molecule has 2 heterocycles. The summed E-state index contributed by atoms with van der Waals surface area (Å²) in [6.07, 6.45) is 0. The van der Waals surface area contributed by atoms with Crippen LogP contribution in [0.2, 0.25) is 0 Å². The molecule has 0 saturated carbocycles. The zero-order chi connectivity index (χ0) is 15.3. The molecule has 4 rings (SSSR count). The van der Waals surface area contributed by atoms with Crippen LogP contribution in [-0.2, 0) is 0 Å². The molecule has 6 heteroatoms. The highest BCUT2D eigenvalue weighted by Crippen LogP contribution is 2.23. The van der Waals surface area contributed by atoms with E-state index in [1.807, 2.05) is 0 Å². The third-order valence-electron chi connectivity index (χ3n) is 3.51. The fourth-order valence-corrected chi connectivity index (χ4v) is 2.50. The Morgan fingerprint density at radius 1 is 1.00 bits per heavy atom. The van der Waals surface area contributed by atoms with Crippen LogP contribution in [0.1, 0.15) is 0 Å². The minimum absolute atomic E-state index is 0.0603. The molecule has 0 unspecified atom stereocenters. The first-order valence-corrected chi connectivity index (χ1v) is 6.58. The number of fused-ring (bicyclic) bond motifs is 3. The van der Waals surface area contributed by atoms with Gasteiger partial charge in [-0.1, -0.05) is 12.1 Å². The van der Waals surface area contributed by atoms with Crippen LogP contribution in [0, 0.1) is 5.82 Å². The minimum atomic E-state index is -0.601. The Morgan fingerprint density at radius 2 is 1.73 bits per heavy atom. The SMILES string of the molecule is O=c1[nH]c2c(oc3ccccc32)c(=O)n1-c1ccc(F)cc1. The molecule has 0 bridgehead atoms. The Labute approximate surface area is 122 Å². The van der Waals surface area contributed by atoms with Gasteiger partial charge in [-0.15, -0.1) is 0 Å². The summed E-state index contributed by atoms with van der Waals surface area (Å²) in [4.78, 5) is 27.5. The van der Waals surface area contributed by atoms with Crippen molar-refractivity contribution < 1.29 is 8.81 Å². The predicted molar refractivity (Wildman–Crippen MR) is 79.9 cm³/mol. The lowest BCUT2D eigenvalue weighted by Gasteiger charge is -2.03. The normalized spacial score (nSPS) is 11.3. The maximum atomic E-state index is 13.0. The van der Waals surface area contributed by atoms with Gasteiger partial charge in [-0.25, -0.2) is 13.8 Å². The van der Waals surface area contributed by atoms with Crippen LogP contribution in [0.4, 0.5) is 4.39 Å². The molecule has 108 valence electrons. The molecule has 0 spiro atoms. The second kappa shape index (κ2) is 4.42. The number of H-pyrrole nitrogens is 1. The quantitative estimate of drug-likeness (QED) is 0.587. The Morgan fingerprint density at radius 3 is 2.50 bits per heavy atom. The van der Waals surface area contributed by atoms with Crippen molar-refractivity contribution in [2.75, 3.05) is 0 Å². The Hall–Kier alpha value is -3.15. The molecule has 2 aromatic carbocycles. The molecular formula is C16H9FN2O3. The molecule has 5 nitrogen and oxygen atoms in total. The van der Waals surface area contributed by atoms with Crippen LogP contribution < -0.4 is 11.2 Å². The van der Waals surface area contributed by atoms with Crippen molar-refractivity contribution >= 4 is 22.1 Å². The molecule has 0 atom stereocenters. The van der Waals surface area contributed by atoms with Gasteiger partial charge in [0.05, 0.1) is 5.69 Å². The number of nitrogens with zero attached hydrogens (tertiary/aromatic N) is 1. The molecule has 0 radical (unpaired) electrons. The van der Waals surface area contributed by atoms with Gasteiger partial charge in [0.25, 0.3) is 0 Å². The largest absolute Gasteiger partial charge is 0.449 e. The molecule has 1 N–H and O–H groups in total. The number of rotatable bonds is 1. The lowest BCUT2D eigenvalue weighted by Crippen LogP contribution is -2.33. The lowest BCUT2D eigenvalue weighted by atomic mass is 10.2. The van der Waals surface area contributed by atoms with Gasteiger partial charge in [0.15, 0.2) is 0 Å². The third-order valence-corrected chi connectivity index (χ3v) is 3.51. The van der Waals surface area contributed by atoms with Gasteiger partial charge < -0.3 is 9.40 Å². The number of nitrogens with one attached hydrogen (secondary N) is 1. The first-order chi connectivity index (χ1) is 10.6. The molecule has 0 fully saturated rings. The van der Waals surface area contributed by atoms with Gasteiger partial charge >= 0.3 is 11.2 Å². The van der Waals surface area contributed by atoms with Crippen molar-refractivity contribution in [3.05, 3.63) is 75.2 Å². The van der Waals surface area contributed by atoms with E-state index in [1.54, 1.807) is 24.3 Å². The lowest BCUT2D eigenvalue weighted by molar-refractivity contribution is 0.627. The van der Waals surface area contributed by atoms with E-state index in [-0.39, 0.29) is 11.3 Å². The van der Waals surface area contributed by atoms with Crippen LogP contribution in [0.5, 0.6) is 0 Å². The van der Waals surface area contributed by atoms with Crippen molar-refractivity contribution in [2.24, 2.45) is 0 Å². The van der Waals surface area contributed by atoms with Crippen LogP contribution in [0.25, 0.3) is 27.8 Å². The van der Waals surface area contributed by atoms with E-state index in [1.165, 1.54) is 24.3 Å². The monoisotopic (exact) mass is 296 g/mol. The highest BCUT2D eigenvalue weighted by Gasteiger charge is 2.15. The minimum Gasteiger partial charge on any atom is -0.449 e. The van der Waals surface area contributed by atoms with Crippen LogP contribution in [-0.4, -0.2) is 9.55 Å². The fourth-order valence-electron chi connectivity index (χ4n) is 2.50. The number of halogens is 1. The number of furan rings is 1. The van der Waals surface area contributed by atoms with E-state index in [9.17, 15) is 14.0 Å². The zero-order valence-electron chi connectivity index (χ0n) is 11.2. The summed E-state index contributed by atoms with van der Waals surface area (Å²) in [6, 6.07) is 12.1. The van der Waals surface area contributed by atoms with Crippen molar-refractivity contribution in [1.82, 2.24) is 9.55 Å². The zero-order valence-corrected chi connectivity index (χ0v) is 11.2. The Bertz CT molecular complexity index is 1120. The van der Waals surface area contributed by atoms with Gasteiger partial charge in [0.2, 0.25) is 5.58 Å². The summed E-state index contributed by atoms with van der Waals surface area (Å²) >= 11 is 0. The van der Waals surface area contributed by atoms with Gasteiger partial charge in [0, 0.05) is 5.39 Å². The average Bonchev–Trinajstić information content (AvgIpc) is 2.88. The van der Waals surface area contributed by atoms with E-state index < -0.39 is 17.1 Å². The van der Waals surface area contributed by atoms with E-state index in [4.69, 9.17) is 4.42 Å². The number of aromatic nitrogens is 2. The van der Waals surface area contributed by atoms with Crippen molar-refractivity contribution in [3.63, 3.8) is 0 Å². The summed E-state index contributed by atoms with van der Waals surface area (Å²) < 4.78 is 19.5. The molecule has 0 amide bonds. The number of para-hydroxylation sites is 1. The molecule has 4 aromatic rings. The number of hydrogen-bond donors (Lipinski definition) is 1. The fraction of sp³-hybridized carbons (Fsp3) is 0. The highest BCUT2D eigenvalue weighted by atomic mass is 19.1. The van der Waals surface area contributed by atoms with Gasteiger partial charge in [-0.3, -0.25) is 4.79 Å². The Kier molecular flexibility index (Phi) is 2.53. The summed E-state index contributed by atoms with van der Waals surface area (Å²) in [6.45, 7) is 0. The molecule has 0 aliphatic rings. The van der Waals surface area contributed by atoms with E-state index in [0.717, 1.165) is 4.57 Å². The number of hydrogen-bond acceptors (Lipinski definition) is 3. The van der Waals surface area contributed by atoms with Crippen molar-refractivity contribution in [3.8, 4) is 5.69 Å². The maximum absolute atomic E-state index is 13.0. The van der Waals surface area contributed by atoms with Crippen LogP contribution in [0.15, 0.2) is 62.5 Å². The van der Waals surface area contributed by atoms with Gasteiger partial charge in [0.1, 0.15) is 16.9 Å². The van der Waals surface area contributed by atoms with Gasteiger partial charge in [-0.05, 0) is 36.4 Å². The molecule has 0 aliphatic carbocycles. The molecule has 0 aliphatic heterocycles. The molecule has 22 heavy (non-hydrogen) atoms. The van der Waals surface area contributed by atoms with Crippen molar-refractivity contribution in [1.29, 1.82) is 0 Å². The topological polar surface area (TPSA) is 68.0 Å². The average molecular weight is 296 g/mol. The summed E-state index contributed by atoms with van der Waals surface area (Å²) in [7, 11) is 0. The smallest absolute Gasteiger partial charge is 0.333 e.